The first-order valence-electron chi connectivity index (χ1n) is 4.49. The zero-order valence-corrected chi connectivity index (χ0v) is 9.12. The third kappa shape index (κ3) is 5.07. The number of rotatable bonds is 6. The van der Waals surface area contributed by atoms with Crippen molar-refractivity contribution in [2.75, 3.05) is 0 Å². The molecule has 4 nitrogen and oxygen atoms in total. The van der Waals surface area contributed by atoms with Crippen molar-refractivity contribution in [1.82, 2.24) is 0 Å². The molecule has 0 aromatic rings. The van der Waals surface area contributed by atoms with Gasteiger partial charge in [-0.15, -0.1) is 11.6 Å². The van der Waals surface area contributed by atoms with Crippen molar-refractivity contribution in [2.45, 2.75) is 32.1 Å². The first-order valence-corrected chi connectivity index (χ1v) is 4.93. The van der Waals surface area contributed by atoms with Crippen molar-refractivity contribution in [3.8, 4) is 0 Å². The Morgan fingerprint density at radius 3 is 2.21 bits per heavy atom. The minimum atomic E-state index is -0.956. The van der Waals surface area contributed by atoms with E-state index in [1.165, 1.54) is 0 Å². The van der Waals surface area contributed by atoms with Crippen LogP contribution in [-0.2, 0) is 9.59 Å². The maximum absolute atomic E-state index is 10.8. The highest BCUT2D eigenvalue weighted by Crippen LogP contribution is 2.23. The monoisotopic (exact) mass is 221 g/mol. The molecule has 2 atom stereocenters. The van der Waals surface area contributed by atoms with E-state index in [1.807, 2.05) is 13.8 Å². The minimum absolute atomic E-state index is 0.116. The lowest BCUT2D eigenvalue weighted by Gasteiger charge is -2.19. The summed E-state index contributed by atoms with van der Waals surface area (Å²) >= 11 is 5.73. The summed E-state index contributed by atoms with van der Waals surface area (Å²) in [5, 5.41) is 7.72. The first-order chi connectivity index (χ1) is 6.34. The molecule has 1 amide bonds. The normalized spacial score (nSPS) is 15.1. The molecule has 0 fully saturated rings. The molecular weight excluding hydrogens is 206 g/mol. The number of carbonyl (C=O) groups is 2. The van der Waals surface area contributed by atoms with E-state index in [0.717, 1.165) is 0 Å². The topological polar surface area (TPSA) is 80.4 Å². The van der Waals surface area contributed by atoms with Crippen LogP contribution in [0.3, 0.4) is 0 Å². The van der Waals surface area contributed by atoms with E-state index in [9.17, 15) is 9.59 Å². The summed E-state index contributed by atoms with van der Waals surface area (Å²) in [6.07, 6.45) is 0.471. The Hall–Kier alpha value is -0.770. The third-order valence-electron chi connectivity index (χ3n) is 1.90. The zero-order chi connectivity index (χ0) is 11.3. The van der Waals surface area contributed by atoms with Crippen LogP contribution < -0.4 is 5.73 Å². The predicted molar refractivity (Wildman–Crippen MR) is 54.0 cm³/mol. The molecule has 1 unspecified atom stereocenters. The van der Waals surface area contributed by atoms with Crippen molar-refractivity contribution < 1.29 is 14.7 Å². The Labute approximate surface area is 88.4 Å². The number of carboxylic acids is 1. The molecule has 14 heavy (non-hydrogen) atoms. The Bertz CT molecular complexity index is 218. The van der Waals surface area contributed by atoms with Crippen molar-refractivity contribution in [2.24, 2.45) is 17.6 Å². The van der Waals surface area contributed by atoms with Crippen LogP contribution in [0.1, 0.15) is 26.7 Å². The molecule has 0 aliphatic carbocycles. The fourth-order valence-corrected chi connectivity index (χ4v) is 1.56. The summed E-state index contributed by atoms with van der Waals surface area (Å²) in [4.78, 5) is 21.3. The van der Waals surface area contributed by atoms with E-state index in [4.69, 9.17) is 22.4 Å². The second-order valence-electron chi connectivity index (χ2n) is 3.79. The number of aliphatic carboxylic acids is 1. The summed E-state index contributed by atoms with van der Waals surface area (Å²) in [6.45, 7) is 3.89. The SMILES string of the molecule is CC(C)C[C@@H](CC(=O)O)C(Cl)C(N)=O. The van der Waals surface area contributed by atoms with Gasteiger partial charge in [0.25, 0.3) is 0 Å². The maximum atomic E-state index is 10.8. The van der Waals surface area contributed by atoms with E-state index in [-0.39, 0.29) is 12.3 Å². The van der Waals surface area contributed by atoms with Gasteiger partial charge in [0.2, 0.25) is 5.91 Å². The molecule has 0 aliphatic rings. The van der Waals surface area contributed by atoms with Crippen LogP contribution in [0.4, 0.5) is 0 Å². The van der Waals surface area contributed by atoms with E-state index in [2.05, 4.69) is 0 Å². The summed E-state index contributed by atoms with van der Waals surface area (Å²) in [5.41, 5.74) is 5.02. The number of hydrogen-bond donors (Lipinski definition) is 2. The Kier molecular flexibility index (Phi) is 5.53. The molecule has 0 saturated carbocycles. The van der Waals surface area contributed by atoms with Crippen molar-refractivity contribution in [1.29, 1.82) is 0 Å². The zero-order valence-electron chi connectivity index (χ0n) is 8.37. The minimum Gasteiger partial charge on any atom is -0.481 e. The van der Waals surface area contributed by atoms with Crippen LogP contribution in [0, 0.1) is 11.8 Å². The standard InChI is InChI=1S/C9H16ClNO3/c1-5(2)3-6(4-7(12)13)8(10)9(11)14/h5-6,8H,3-4H2,1-2H3,(H2,11,14)(H,12,13)/t6-,8?/m0/s1. The highest BCUT2D eigenvalue weighted by molar-refractivity contribution is 6.30. The van der Waals surface area contributed by atoms with Crippen molar-refractivity contribution >= 4 is 23.5 Å². The van der Waals surface area contributed by atoms with E-state index >= 15 is 0 Å². The fourth-order valence-electron chi connectivity index (χ4n) is 1.37. The lowest BCUT2D eigenvalue weighted by atomic mass is 9.91. The lowest BCUT2D eigenvalue weighted by molar-refractivity contribution is -0.138. The molecule has 0 aliphatic heterocycles. The summed E-state index contributed by atoms with van der Waals surface area (Å²) in [6, 6.07) is 0. The Morgan fingerprint density at radius 2 is 1.93 bits per heavy atom. The molecule has 3 N–H and O–H groups in total. The highest BCUT2D eigenvalue weighted by Gasteiger charge is 2.27. The molecule has 0 radical (unpaired) electrons. The number of primary amides is 1. The van der Waals surface area contributed by atoms with Gasteiger partial charge in [0.15, 0.2) is 0 Å². The number of nitrogens with two attached hydrogens (primary N) is 1. The molecule has 0 rings (SSSR count). The van der Waals surface area contributed by atoms with Crippen LogP contribution in [0.25, 0.3) is 0 Å². The van der Waals surface area contributed by atoms with Crippen LogP contribution in [0.5, 0.6) is 0 Å². The fraction of sp³-hybridized carbons (Fsp3) is 0.778. The number of hydrogen-bond acceptors (Lipinski definition) is 2. The number of amides is 1. The second kappa shape index (κ2) is 5.86. The predicted octanol–water partition coefficient (Wildman–Crippen LogP) is 1.22. The summed E-state index contributed by atoms with van der Waals surface area (Å²) in [7, 11) is 0. The van der Waals surface area contributed by atoms with E-state index < -0.39 is 17.3 Å². The van der Waals surface area contributed by atoms with Crippen LogP contribution >= 0.6 is 11.6 Å². The second-order valence-corrected chi connectivity index (χ2v) is 4.26. The molecule has 5 heteroatoms. The summed E-state index contributed by atoms with van der Waals surface area (Å²) in [5.74, 6) is -1.70. The maximum Gasteiger partial charge on any atom is 0.303 e. The van der Waals surface area contributed by atoms with Gasteiger partial charge in [0, 0.05) is 0 Å². The van der Waals surface area contributed by atoms with Crippen LogP contribution in [-0.4, -0.2) is 22.4 Å². The molecule has 0 aromatic heterocycles. The number of alkyl halides is 1. The average molecular weight is 222 g/mol. The highest BCUT2D eigenvalue weighted by atomic mass is 35.5. The first kappa shape index (κ1) is 13.2. The van der Waals surface area contributed by atoms with E-state index in [1.54, 1.807) is 0 Å². The molecule has 0 spiro atoms. The van der Waals surface area contributed by atoms with E-state index in [0.29, 0.717) is 12.3 Å². The van der Waals surface area contributed by atoms with Gasteiger partial charge >= 0.3 is 5.97 Å². The molecule has 0 aromatic carbocycles. The van der Waals surface area contributed by atoms with Gasteiger partial charge in [-0.2, -0.15) is 0 Å². The van der Waals surface area contributed by atoms with Crippen LogP contribution in [0.15, 0.2) is 0 Å². The Balaban J connectivity index is 4.37. The smallest absolute Gasteiger partial charge is 0.303 e. The molecule has 0 bridgehead atoms. The third-order valence-corrected chi connectivity index (χ3v) is 2.47. The number of carboxylic acid groups (broad SMARTS) is 1. The lowest BCUT2D eigenvalue weighted by Crippen LogP contribution is -2.32. The molecule has 82 valence electrons. The van der Waals surface area contributed by atoms with Gasteiger partial charge in [-0.3, -0.25) is 9.59 Å². The molecule has 0 saturated heterocycles. The largest absolute Gasteiger partial charge is 0.481 e. The number of carbonyl (C=O) groups excluding carboxylic acids is 1. The van der Waals surface area contributed by atoms with Gasteiger partial charge in [0.1, 0.15) is 5.38 Å². The van der Waals surface area contributed by atoms with Crippen molar-refractivity contribution in [3.05, 3.63) is 0 Å². The van der Waals surface area contributed by atoms with Gasteiger partial charge < -0.3 is 10.8 Å². The van der Waals surface area contributed by atoms with Crippen molar-refractivity contribution in [3.63, 3.8) is 0 Å². The Morgan fingerprint density at radius 1 is 1.43 bits per heavy atom. The summed E-state index contributed by atoms with van der Waals surface area (Å²) < 4.78 is 0. The molecular formula is C9H16ClNO3. The quantitative estimate of drug-likeness (QED) is 0.662. The van der Waals surface area contributed by atoms with Gasteiger partial charge in [-0.1, -0.05) is 13.8 Å². The average Bonchev–Trinajstić information content (AvgIpc) is 1.99. The van der Waals surface area contributed by atoms with Gasteiger partial charge in [-0.25, -0.2) is 0 Å². The molecule has 0 heterocycles. The van der Waals surface area contributed by atoms with Crippen LogP contribution in [0.2, 0.25) is 0 Å². The number of halogens is 1. The van der Waals surface area contributed by atoms with Gasteiger partial charge in [0.05, 0.1) is 6.42 Å². The van der Waals surface area contributed by atoms with Gasteiger partial charge in [-0.05, 0) is 18.3 Å².